The maximum atomic E-state index is 12.3. The Hall–Kier alpha value is -1.60. The van der Waals surface area contributed by atoms with Crippen molar-refractivity contribution in [2.45, 2.75) is 44.6 Å². The molecule has 0 bridgehead atoms. The van der Waals surface area contributed by atoms with Gasteiger partial charge in [-0.15, -0.1) is 0 Å². The summed E-state index contributed by atoms with van der Waals surface area (Å²) in [5, 5.41) is 0. The first-order valence-corrected chi connectivity index (χ1v) is 9.86. The number of benzene rings is 1. The lowest BCUT2D eigenvalue weighted by atomic mass is 9.86. The average Bonchev–Trinajstić information content (AvgIpc) is 2.82. The second-order valence-corrected chi connectivity index (χ2v) is 8.85. The molecule has 0 radical (unpaired) electrons. The minimum atomic E-state index is -3.73. The van der Waals surface area contributed by atoms with Gasteiger partial charge >= 0.3 is 0 Å². The van der Waals surface area contributed by atoms with Crippen molar-refractivity contribution in [3.05, 3.63) is 29.3 Å². The molecule has 0 aliphatic carbocycles. The lowest BCUT2D eigenvalue weighted by Gasteiger charge is -2.22. The number of fused-ring (bicyclic) bond motifs is 1. The summed E-state index contributed by atoms with van der Waals surface area (Å²) in [5.41, 5.74) is 1.05. The van der Waals surface area contributed by atoms with E-state index in [1.807, 2.05) is 13.8 Å². The zero-order valence-corrected chi connectivity index (χ0v) is 14.8. The van der Waals surface area contributed by atoms with E-state index in [2.05, 4.69) is 4.72 Å². The molecule has 1 fully saturated rings. The van der Waals surface area contributed by atoms with Crippen molar-refractivity contribution in [2.24, 2.45) is 0 Å². The topological polar surface area (TPSA) is 81.7 Å². The van der Waals surface area contributed by atoms with Crippen molar-refractivity contribution >= 4 is 15.9 Å². The van der Waals surface area contributed by atoms with Crippen LogP contribution in [-0.4, -0.2) is 39.4 Å². The van der Waals surface area contributed by atoms with Gasteiger partial charge in [0.05, 0.1) is 18.5 Å². The Kier molecular flexibility index (Phi) is 4.57. The third-order valence-electron chi connectivity index (χ3n) is 4.49. The maximum Gasteiger partial charge on any atom is 0.264 e. The second kappa shape index (κ2) is 6.37. The van der Waals surface area contributed by atoms with E-state index in [0.717, 1.165) is 24.2 Å². The highest BCUT2D eigenvalue weighted by Crippen LogP contribution is 2.38. The summed E-state index contributed by atoms with van der Waals surface area (Å²) in [4.78, 5) is 12.3. The number of hydrogen-bond acceptors (Lipinski definition) is 5. The van der Waals surface area contributed by atoms with E-state index in [1.165, 1.54) is 0 Å². The molecule has 7 heteroatoms. The van der Waals surface area contributed by atoms with Crippen molar-refractivity contribution in [1.82, 2.24) is 4.72 Å². The number of nitrogens with one attached hydrogen (secondary N) is 1. The van der Waals surface area contributed by atoms with E-state index in [1.54, 1.807) is 18.2 Å². The van der Waals surface area contributed by atoms with Crippen LogP contribution >= 0.6 is 0 Å². The summed E-state index contributed by atoms with van der Waals surface area (Å²) in [6.45, 7) is 5.17. The quantitative estimate of drug-likeness (QED) is 0.895. The Balaban J connectivity index is 1.71. The largest absolute Gasteiger partial charge is 0.492 e. The Bertz CT molecular complexity index is 735. The summed E-state index contributed by atoms with van der Waals surface area (Å²) in [6, 6.07) is 5.02. The minimum Gasteiger partial charge on any atom is -0.492 e. The Morgan fingerprint density at radius 1 is 1.33 bits per heavy atom. The molecule has 2 aliphatic rings. The highest BCUT2D eigenvalue weighted by molar-refractivity contribution is 7.90. The molecule has 0 saturated carbocycles. The van der Waals surface area contributed by atoms with Gasteiger partial charge in [0.1, 0.15) is 5.75 Å². The van der Waals surface area contributed by atoms with Crippen molar-refractivity contribution in [1.29, 1.82) is 0 Å². The van der Waals surface area contributed by atoms with Crippen LogP contribution in [0.3, 0.4) is 0 Å². The highest BCUT2D eigenvalue weighted by Gasteiger charge is 2.33. The van der Waals surface area contributed by atoms with Crippen molar-refractivity contribution < 1.29 is 22.7 Å². The molecule has 24 heavy (non-hydrogen) atoms. The molecule has 1 atom stereocenters. The molecule has 0 aromatic heterocycles. The van der Waals surface area contributed by atoms with E-state index < -0.39 is 15.9 Å². The molecule has 1 aromatic rings. The fraction of sp³-hybridized carbons (Fsp3) is 0.588. The summed E-state index contributed by atoms with van der Waals surface area (Å²) >= 11 is 0. The molecule has 1 aromatic carbocycles. The second-order valence-electron chi connectivity index (χ2n) is 7.08. The number of hydrogen-bond donors (Lipinski definition) is 1. The van der Waals surface area contributed by atoms with E-state index in [-0.39, 0.29) is 17.3 Å². The van der Waals surface area contributed by atoms with Gasteiger partial charge < -0.3 is 9.47 Å². The number of ether oxygens (including phenoxy) is 2. The number of carbonyl (C=O) groups excluding carboxylic acids is 1. The molecular formula is C17H23NO5S. The molecule has 132 valence electrons. The molecule has 3 rings (SSSR count). The van der Waals surface area contributed by atoms with Crippen LogP contribution in [0, 0.1) is 0 Å². The van der Waals surface area contributed by atoms with Crippen LogP contribution in [0.1, 0.15) is 49.0 Å². The van der Waals surface area contributed by atoms with Crippen molar-refractivity contribution in [3.63, 3.8) is 0 Å². The van der Waals surface area contributed by atoms with Crippen LogP contribution in [0.2, 0.25) is 0 Å². The Morgan fingerprint density at radius 2 is 2.12 bits per heavy atom. The van der Waals surface area contributed by atoms with Gasteiger partial charge in [-0.05, 0) is 37.5 Å². The third-order valence-corrected chi connectivity index (χ3v) is 5.79. The first-order chi connectivity index (χ1) is 11.3. The first-order valence-electron chi connectivity index (χ1n) is 8.21. The standard InChI is InChI=1S/C17H23NO5S/c1-17(2)11-23-15-7-6-12(9-14(15)17)16(19)18-24(20,21)10-13-5-3-4-8-22-13/h6-7,9,13H,3-5,8,10-11H2,1-2H3,(H,18,19). The SMILES string of the molecule is CC1(C)COc2ccc(C(=O)NS(=O)(=O)CC3CCCCO3)cc21. The number of sulfonamides is 1. The lowest BCUT2D eigenvalue weighted by molar-refractivity contribution is 0.0304. The van der Waals surface area contributed by atoms with Gasteiger partial charge in [-0.3, -0.25) is 4.79 Å². The molecule has 1 unspecified atom stereocenters. The van der Waals surface area contributed by atoms with Crippen LogP contribution in [0.4, 0.5) is 0 Å². The van der Waals surface area contributed by atoms with E-state index in [9.17, 15) is 13.2 Å². The highest BCUT2D eigenvalue weighted by atomic mass is 32.2. The predicted octanol–water partition coefficient (Wildman–Crippen LogP) is 1.99. The fourth-order valence-corrected chi connectivity index (χ4v) is 4.32. The maximum absolute atomic E-state index is 12.3. The van der Waals surface area contributed by atoms with Crippen LogP contribution in [0.15, 0.2) is 18.2 Å². The molecule has 1 N–H and O–H groups in total. The monoisotopic (exact) mass is 353 g/mol. The summed E-state index contributed by atoms with van der Waals surface area (Å²) in [6.07, 6.45) is 2.28. The van der Waals surface area contributed by atoms with Crippen molar-refractivity contribution in [3.8, 4) is 5.75 Å². The molecule has 2 heterocycles. The number of amides is 1. The lowest BCUT2D eigenvalue weighted by Crippen LogP contribution is -2.38. The van der Waals surface area contributed by atoms with Gasteiger partial charge in [-0.2, -0.15) is 0 Å². The molecular weight excluding hydrogens is 330 g/mol. The van der Waals surface area contributed by atoms with E-state index in [4.69, 9.17) is 9.47 Å². The third kappa shape index (κ3) is 3.72. The average molecular weight is 353 g/mol. The predicted molar refractivity (Wildman–Crippen MR) is 89.8 cm³/mol. The van der Waals surface area contributed by atoms with Gasteiger partial charge in [-0.25, -0.2) is 13.1 Å². The van der Waals surface area contributed by atoms with Gasteiger partial charge in [0, 0.05) is 23.1 Å². The minimum absolute atomic E-state index is 0.182. The zero-order chi connectivity index (χ0) is 17.4. The number of rotatable bonds is 4. The Labute approximate surface area is 142 Å². The van der Waals surface area contributed by atoms with E-state index in [0.29, 0.717) is 25.2 Å². The first kappa shape index (κ1) is 17.2. The van der Waals surface area contributed by atoms with Crippen LogP contribution in [-0.2, 0) is 20.2 Å². The molecule has 6 nitrogen and oxygen atoms in total. The van der Waals surface area contributed by atoms with Gasteiger partial charge in [0.25, 0.3) is 5.91 Å². The van der Waals surface area contributed by atoms with Crippen LogP contribution < -0.4 is 9.46 Å². The Morgan fingerprint density at radius 3 is 2.83 bits per heavy atom. The fourth-order valence-electron chi connectivity index (χ4n) is 3.09. The van der Waals surface area contributed by atoms with Gasteiger partial charge in [0.15, 0.2) is 0 Å². The summed E-state index contributed by atoms with van der Waals surface area (Å²) < 4.78 is 37.6. The molecule has 2 aliphatic heterocycles. The summed E-state index contributed by atoms with van der Waals surface area (Å²) in [5.74, 6) is -0.0514. The van der Waals surface area contributed by atoms with Crippen LogP contribution in [0.5, 0.6) is 5.75 Å². The number of carbonyl (C=O) groups is 1. The molecule has 0 spiro atoms. The smallest absolute Gasteiger partial charge is 0.264 e. The summed E-state index contributed by atoms with van der Waals surface area (Å²) in [7, 11) is -3.73. The molecule has 1 amide bonds. The van der Waals surface area contributed by atoms with Gasteiger partial charge in [0.2, 0.25) is 10.0 Å². The normalized spacial score (nSPS) is 22.5. The van der Waals surface area contributed by atoms with E-state index >= 15 is 0 Å². The molecule has 1 saturated heterocycles. The van der Waals surface area contributed by atoms with Crippen molar-refractivity contribution in [2.75, 3.05) is 19.0 Å². The van der Waals surface area contributed by atoms with Crippen LogP contribution in [0.25, 0.3) is 0 Å². The van der Waals surface area contributed by atoms with Gasteiger partial charge in [-0.1, -0.05) is 13.8 Å². The zero-order valence-electron chi connectivity index (χ0n) is 14.0.